The van der Waals surface area contributed by atoms with Crippen molar-refractivity contribution in [3.63, 3.8) is 0 Å². The maximum atomic E-state index is 13.2. The summed E-state index contributed by atoms with van der Waals surface area (Å²) in [4.78, 5) is 49.4. The van der Waals surface area contributed by atoms with Crippen LogP contribution in [0.2, 0.25) is 0 Å². The molecule has 4 aliphatic rings. The van der Waals surface area contributed by atoms with E-state index in [0.29, 0.717) is 24.2 Å². The molecule has 0 aromatic carbocycles. The van der Waals surface area contributed by atoms with Crippen LogP contribution in [0.3, 0.4) is 0 Å². The number of nitrogens with two attached hydrogens (primary N) is 2. The van der Waals surface area contributed by atoms with Gasteiger partial charge >= 0.3 is 27.4 Å². The number of nitrogens with one attached hydrogen (secondary N) is 2. The van der Waals surface area contributed by atoms with Gasteiger partial charge in [-0.3, -0.25) is 36.8 Å². The molecule has 4 saturated heterocycles. The van der Waals surface area contributed by atoms with E-state index in [2.05, 4.69) is 40.1 Å². The van der Waals surface area contributed by atoms with Gasteiger partial charge in [-0.15, -0.1) is 0 Å². The van der Waals surface area contributed by atoms with E-state index in [1.807, 2.05) is 0 Å². The number of carbonyl (C=O) groups excluding carboxylic acids is 2. The van der Waals surface area contributed by atoms with E-state index in [1.165, 1.54) is 49.5 Å². The maximum Gasteiger partial charge on any atom is 0.406 e. The Bertz CT molecular complexity index is 2420. The third-order valence-corrected chi connectivity index (χ3v) is 14.1. The van der Waals surface area contributed by atoms with Crippen LogP contribution in [0, 0.1) is 0 Å². The fraction of sp³-hybridized carbons (Fsp3) is 0.684. The van der Waals surface area contributed by atoms with Gasteiger partial charge in [-0.2, -0.15) is 19.9 Å². The van der Waals surface area contributed by atoms with Crippen molar-refractivity contribution in [2.24, 2.45) is 0 Å². The number of rotatable bonds is 14. The molecule has 0 radical (unpaired) electrons. The maximum absolute atomic E-state index is 13.2. The fourth-order valence-corrected chi connectivity index (χ4v) is 11.3. The molecule has 68 heavy (non-hydrogen) atoms. The molecule has 8 heterocycles. The Morgan fingerprint density at radius 2 is 1.09 bits per heavy atom. The first-order valence-electron chi connectivity index (χ1n) is 21.7. The molecule has 12 atom stereocenters. The van der Waals surface area contributed by atoms with Crippen molar-refractivity contribution in [3.8, 4) is 11.8 Å². The van der Waals surface area contributed by atoms with Crippen molar-refractivity contribution >= 4 is 61.7 Å². The predicted octanol–water partition coefficient (Wildman–Crippen LogP) is 1.82. The highest BCUT2D eigenvalue weighted by molar-refractivity contribution is 7.52. The summed E-state index contributed by atoms with van der Waals surface area (Å²) in [7, 11) is -7.95. The van der Waals surface area contributed by atoms with Gasteiger partial charge in [0.15, 0.2) is 34.8 Å². The Labute approximate surface area is 389 Å². The van der Waals surface area contributed by atoms with Crippen molar-refractivity contribution in [3.05, 3.63) is 12.7 Å². The van der Waals surface area contributed by atoms with E-state index in [4.69, 9.17) is 58.0 Å². The summed E-state index contributed by atoms with van der Waals surface area (Å²) in [6.07, 6.45) is -3.54. The molecule has 8 N–H and O–H groups in total. The van der Waals surface area contributed by atoms with Crippen LogP contribution in [0.5, 0.6) is 11.8 Å². The van der Waals surface area contributed by atoms with E-state index in [-0.39, 0.29) is 60.4 Å². The van der Waals surface area contributed by atoms with E-state index >= 15 is 0 Å². The average Bonchev–Trinajstić information content (AvgIpc) is 3.98. The minimum Gasteiger partial charge on any atom is -0.476 e. The third-order valence-electron chi connectivity index (χ3n) is 10.8. The highest BCUT2D eigenvalue weighted by Crippen LogP contribution is 2.57. The molecule has 4 aromatic rings. The topological polar surface area (TPSA) is 364 Å². The molecule has 4 fully saturated rings. The van der Waals surface area contributed by atoms with Crippen molar-refractivity contribution in [2.45, 2.75) is 142 Å². The quantitative estimate of drug-likeness (QED) is 0.0775. The Morgan fingerprint density at radius 1 is 0.721 bits per heavy atom. The van der Waals surface area contributed by atoms with Crippen LogP contribution in [0.25, 0.3) is 22.3 Å². The van der Waals surface area contributed by atoms with Gasteiger partial charge in [0.1, 0.15) is 47.7 Å². The summed E-state index contributed by atoms with van der Waals surface area (Å²) in [5.41, 5.74) is 9.53. The standard InChI is InChI=1S/2C19H29N6O8P/c2*1-6-29-15-12-14(22-18(20)23-15)25(8-21-12)17-19(5,27)13-11(32-17)7-30-34(28,33-13)24-10(4)16(26)31-9(2)3/h2*8-11,13,17,27H,6-7H2,1-5H3,(H,24,28)(H2,20,22,23)/t2*10-,11+,13+,17+,19+,34?/m00/s1. The van der Waals surface area contributed by atoms with Gasteiger partial charge in [-0.25, -0.2) is 29.3 Å². The normalized spacial score (nSPS) is 32.0. The third kappa shape index (κ3) is 10.3. The molecular weight excluding hydrogens is 942 g/mol. The first kappa shape index (κ1) is 51.2. The summed E-state index contributed by atoms with van der Waals surface area (Å²) >= 11 is 0. The summed E-state index contributed by atoms with van der Waals surface area (Å²) in [5.74, 6) is -0.895. The second kappa shape index (κ2) is 19.6. The smallest absolute Gasteiger partial charge is 0.406 e. The molecule has 2 unspecified atom stereocenters. The van der Waals surface area contributed by atoms with Gasteiger partial charge in [0.05, 0.1) is 51.3 Å². The number of hydrogen-bond donors (Lipinski definition) is 6. The SMILES string of the molecule is CCOc1nc(N)nc2c1ncn2[C@@H]1O[C@@H]2COP(=O)(N[C@@H](C)C(=O)OC(C)C)O[C@H]2[C@@]1(C)O.CCOc1nc(N)nc2c1ncn2[C@@H]1O[C@@H]2COP(=O)(N[C@@H](C)C(=O)OC(C)C)O[C@H]2[C@@]1(C)O. The molecule has 0 bridgehead atoms. The second-order valence-corrected chi connectivity index (χ2v) is 20.5. The Kier molecular flexibility index (Phi) is 14.7. The molecule has 4 aromatic heterocycles. The first-order valence-corrected chi connectivity index (χ1v) is 24.8. The number of esters is 2. The summed E-state index contributed by atoms with van der Waals surface area (Å²) < 4.78 is 84.9. The van der Waals surface area contributed by atoms with Crippen LogP contribution in [0.15, 0.2) is 12.7 Å². The number of fused-ring (bicyclic) bond motifs is 4. The van der Waals surface area contributed by atoms with Gasteiger partial charge in [0, 0.05) is 0 Å². The lowest BCUT2D eigenvalue weighted by Crippen LogP contribution is -2.49. The van der Waals surface area contributed by atoms with Crippen LogP contribution in [-0.4, -0.2) is 148 Å². The molecule has 4 aliphatic heterocycles. The fourth-order valence-electron chi connectivity index (χ4n) is 7.80. The number of anilines is 2. The second-order valence-electron chi connectivity index (χ2n) is 17.1. The zero-order chi connectivity index (χ0) is 49.7. The van der Waals surface area contributed by atoms with E-state index in [1.54, 1.807) is 41.5 Å². The number of carbonyl (C=O) groups is 2. The van der Waals surface area contributed by atoms with E-state index in [9.17, 15) is 28.9 Å². The Morgan fingerprint density at radius 3 is 1.43 bits per heavy atom. The van der Waals surface area contributed by atoms with Gasteiger partial charge in [-0.05, 0) is 69.2 Å². The molecule has 8 rings (SSSR count). The predicted molar refractivity (Wildman–Crippen MR) is 235 cm³/mol. The number of hydrogen-bond acceptors (Lipinski definition) is 24. The Hall–Kier alpha value is -4.70. The van der Waals surface area contributed by atoms with Gasteiger partial charge < -0.3 is 50.1 Å². The zero-order valence-electron chi connectivity index (χ0n) is 39.0. The molecule has 0 aliphatic carbocycles. The van der Waals surface area contributed by atoms with Crippen molar-refractivity contribution in [2.75, 3.05) is 37.9 Å². The van der Waals surface area contributed by atoms with Gasteiger partial charge in [0.25, 0.3) is 0 Å². The molecule has 0 spiro atoms. The van der Waals surface area contributed by atoms with Gasteiger partial charge in [-0.1, -0.05) is 0 Å². The van der Waals surface area contributed by atoms with Crippen molar-refractivity contribution in [1.82, 2.24) is 49.2 Å². The largest absolute Gasteiger partial charge is 0.476 e. The molecule has 28 nitrogen and oxygen atoms in total. The first-order chi connectivity index (χ1) is 31.9. The molecule has 0 saturated carbocycles. The lowest BCUT2D eigenvalue weighted by molar-refractivity contribution is -0.150. The number of nitrogen functional groups attached to an aromatic ring is 2. The zero-order valence-corrected chi connectivity index (χ0v) is 40.8. The van der Waals surface area contributed by atoms with Crippen LogP contribution in [0.4, 0.5) is 11.9 Å². The highest BCUT2D eigenvalue weighted by Gasteiger charge is 2.61. The molecule has 376 valence electrons. The van der Waals surface area contributed by atoms with E-state index < -0.39 is 87.6 Å². The van der Waals surface area contributed by atoms with Crippen LogP contribution >= 0.6 is 15.5 Å². The highest BCUT2D eigenvalue weighted by atomic mass is 31.2. The van der Waals surface area contributed by atoms with E-state index in [0.717, 1.165) is 0 Å². The van der Waals surface area contributed by atoms with Crippen LogP contribution in [0.1, 0.15) is 81.7 Å². The number of aromatic nitrogens is 8. The van der Waals surface area contributed by atoms with Crippen LogP contribution in [-0.2, 0) is 55.8 Å². The van der Waals surface area contributed by atoms with Crippen molar-refractivity contribution in [1.29, 1.82) is 0 Å². The summed E-state index contributed by atoms with van der Waals surface area (Å²) in [6, 6.07) is -1.94. The van der Waals surface area contributed by atoms with Crippen LogP contribution < -0.4 is 31.1 Å². The lowest BCUT2D eigenvalue weighted by atomic mass is 9.96. The molecule has 30 heteroatoms. The minimum absolute atomic E-state index is 0.0386. The lowest BCUT2D eigenvalue weighted by Gasteiger charge is -2.36. The minimum atomic E-state index is -3.97. The number of ether oxygens (including phenoxy) is 6. The molecule has 0 amide bonds. The average molecular weight is 1000 g/mol. The number of nitrogens with zero attached hydrogens (tertiary/aromatic N) is 8. The monoisotopic (exact) mass is 1000 g/mol. The van der Waals surface area contributed by atoms with Crippen molar-refractivity contribution < 1.29 is 75.4 Å². The Balaban J connectivity index is 0.000000201. The number of imidazole rings is 2. The number of aliphatic hydroxyl groups is 2. The summed E-state index contributed by atoms with van der Waals surface area (Å²) in [5, 5.41) is 27.9. The van der Waals surface area contributed by atoms with Gasteiger partial charge in [0.2, 0.25) is 23.7 Å². The molecular formula is C38H58N12O16P2. The summed E-state index contributed by atoms with van der Waals surface area (Å²) in [6.45, 7) is 16.7.